The third kappa shape index (κ3) is 3.38. The van der Waals surface area contributed by atoms with E-state index < -0.39 is 0 Å². The Morgan fingerprint density at radius 3 is 2.40 bits per heavy atom. The van der Waals surface area contributed by atoms with Crippen molar-refractivity contribution in [3.8, 4) is 0 Å². The summed E-state index contributed by atoms with van der Waals surface area (Å²) in [4.78, 5) is 16.6. The van der Waals surface area contributed by atoms with E-state index in [1.165, 1.54) is 0 Å². The number of carbonyl (C=O) groups is 1. The maximum atomic E-state index is 12.5. The van der Waals surface area contributed by atoms with Crippen molar-refractivity contribution in [1.82, 2.24) is 0 Å². The third-order valence-corrected chi connectivity index (χ3v) is 3.18. The molecule has 5 heteroatoms. The van der Waals surface area contributed by atoms with Gasteiger partial charge in [0.2, 0.25) is 0 Å². The first-order valence-electron chi connectivity index (χ1n) is 5.90. The summed E-state index contributed by atoms with van der Waals surface area (Å²) in [5, 5.41) is 0.583. The van der Waals surface area contributed by atoms with Crippen molar-refractivity contribution in [1.29, 1.82) is 0 Å². The van der Waals surface area contributed by atoms with Gasteiger partial charge in [-0.1, -0.05) is 23.7 Å². The van der Waals surface area contributed by atoms with Crippen molar-refractivity contribution in [3.63, 3.8) is 0 Å². The number of rotatable bonds is 4. The van der Waals surface area contributed by atoms with Gasteiger partial charge in [0.25, 0.3) is 0 Å². The molecule has 0 amide bonds. The summed E-state index contributed by atoms with van der Waals surface area (Å²) < 4.78 is 0. The molecule has 0 spiro atoms. The van der Waals surface area contributed by atoms with E-state index in [9.17, 15) is 4.79 Å². The van der Waals surface area contributed by atoms with Crippen LogP contribution in [0.15, 0.2) is 53.5 Å². The number of halogens is 2. The zero-order valence-corrected chi connectivity index (χ0v) is 12.0. The number of amidine groups is 1. The predicted molar refractivity (Wildman–Crippen MR) is 83.3 cm³/mol. The standard InChI is InChI=1S/C15H12Cl2N2O/c16-9-14(18)19-13-4-2-1-3-12(13)15(20)10-5-7-11(17)8-6-10/h1-8H,9H2,(H2,18,19). The minimum Gasteiger partial charge on any atom is -0.386 e. The van der Waals surface area contributed by atoms with Crippen molar-refractivity contribution in [2.24, 2.45) is 10.7 Å². The highest BCUT2D eigenvalue weighted by Gasteiger charge is 2.13. The maximum absolute atomic E-state index is 12.5. The highest BCUT2D eigenvalue weighted by molar-refractivity contribution is 6.30. The molecule has 0 aliphatic carbocycles. The number of nitrogens with zero attached hydrogens (tertiary/aromatic N) is 1. The lowest BCUT2D eigenvalue weighted by Gasteiger charge is -2.06. The third-order valence-electron chi connectivity index (χ3n) is 2.66. The minimum absolute atomic E-state index is 0.115. The van der Waals surface area contributed by atoms with Crippen LogP contribution in [-0.4, -0.2) is 17.5 Å². The molecule has 0 aliphatic rings. The molecule has 2 aromatic carbocycles. The number of ketones is 1. The van der Waals surface area contributed by atoms with Crippen LogP contribution in [0, 0.1) is 0 Å². The molecule has 0 atom stereocenters. The van der Waals surface area contributed by atoms with Crippen molar-refractivity contribution < 1.29 is 4.79 Å². The van der Waals surface area contributed by atoms with Gasteiger partial charge in [0, 0.05) is 16.1 Å². The fourth-order valence-electron chi connectivity index (χ4n) is 1.70. The van der Waals surface area contributed by atoms with Gasteiger partial charge in [-0.25, -0.2) is 4.99 Å². The number of para-hydroxylation sites is 1. The molecule has 0 heterocycles. The Labute approximate surface area is 127 Å². The molecule has 0 saturated carbocycles. The highest BCUT2D eigenvalue weighted by Crippen LogP contribution is 2.23. The monoisotopic (exact) mass is 306 g/mol. The molecule has 0 saturated heterocycles. The highest BCUT2D eigenvalue weighted by atomic mass is 35.5. The van der Waals surface area contributed by atoms with Crippen LogP contribution in [0.25, 0.3) is 0 Å². The summed E-state index contributed by atoms with van der Waals surface area (Å²) in [7, 11) is 0. The van der Waals surface area contributed by atoms with E-state index in [1.54, 1.807) is 48.5 Å². The second-order valence-corrected chi connectivity index (χ2v) is 4.79. The number of alkyl halides is 1. The molecule has 0 bridgehead atoms. The quantitative estimate of drug-likeness (QED) is 0.404. The molecule has 2 aromatic rings. The van der Waals surface area contributed by atoms with Gasteiger partial charge in [-0.3, -0.25) is 4.79 Å². The largest absolute Gasteiger partial charge is 0.386 e. The Morgan fingerprint density at radius 1 is 1.10 bits per heavy atom. The van der Waals surface area contributed by atoms with Gasteiger partial charge in [0.15, 0.2) is 5.78 Å². The Hall–Kier alpha value is -1.84. The minimum atomic E-state index is -0.136. The van der Waals surface area contributed by atoms with E-state index in [4.69, 9.17) is 28.9 Å². The fourth-order valence-corrected chi connectivity index (χ4v) is 1.89. The zero-order valence-electron chi connectivity index (χ0n) is 10.5. The average Bonchev–Trinajstić information content (AvgIpc) is 2.48. The Morgan fingerprint density at radius 2 is 1.75 bits per heavy atom. The van der Waals surface area contributed by atoms with Crippen LogP contribution in [0.1, 0.15) is 15.9 Å². The molecule has 0 unspecified atom stereocenters. The van der Waals surface area contributed by atoms with Crippen LogP contribution >= 0.6 is 23.2 Å². The number of nitrogens with two attached hydrogens (primary N) is 1. The van der Waals surface area contributed by atoms with Gasteiger partial charge in [-0.05, 0) is 36.4 Å². The van der Waals surface area contributed by atoms with E-state index in [1.807, 2.05) is 0 Å². The summed E-state index contributed by atoms with van der Waals surface area (Å²) in [5.74, 6) is 0.245. The predicted octanol–water partition coefficient (Wildman–Crippen LogP) is 3.80. The Balaban J connectivity index is 2.42. The Bertz CT molecular complexity index is 651. The van der Waals surface area contributed by atoms with Crippen molar-refractivity contribution in [2.75, 3.05) is 5.88 Å². The SMILES string of the molecule is NC(CCl)=Nc1ccccc1C(=O)c1ccc(Cl)cc1. The molecular formula is C15H12Cl2N2O. The van der Waals surface area contributed by atoms with Gasteiger partial charge < -0.3 is 5.73 Å². The van der Waals surface area contributed by atoms with Gasteiger partial charge in [-0.2, -0.15) is 0 Å². The molecule has 2 rings (SSSR count). The van der Waals surface area contributed by atoms with Gasteiger partial charge in [0.05, 0.1) is 11.6 Å². The molecular weight excluding hydrogens is 295 g/mol. The van der Waals surface area contributed by atoms with Gasteiger partial charge in [0.1, 0.15) is 5.84 Å². The van der Waals surface area contributed by atoms with Crippen LogP contribution in [0.3, 0.4) is 0 Å². The molecule has 102 valence electrons. The molecule has 3 nitrogen and oxygen atoms in total. The summed E-state index contributed by atoms with van der Waals surface area (Å²) in [6, 6.07) is 13.7. The Kier molecular flexibility index (Phi) is 4.77. The smallest absolute Gasteiger partial charge is 0.195 e. The van der Waals surface area contributed by atoms with Crippen LogP contribution in [0.5, 0.6) is 0 Å². The number of hydrogen-bond acceptors (Lipinski definition) is 2. The van der Waals surface area contributed by atoms with Crippen LogP contribution in [-0.2, 0) is 0 Å². The first kappa shape index (κ1) is 14.6. The second-order valence-electron chi connectivity index (χ2n) is 4.09. The van der Waals surface area contributed by atoms with Crippen LogP contribution in [0.2, 0.25) is 5.02 Å². The molecule has 20 heavy (non-hydrogen) atoms. The lowest BCUT2D eigenvalue weighted by molar-refractivity contribution is 0.103. The normalized spacial score (nSPS) is 11.4. The molecule has 0 fully saturated rings. The van der Waals surface area contributed by atoms with Crippen molar-refractivity contribution >= 4 is 40.5 Å². The fraction of sp³-hybridized carbons (Fsp3) is 0.0667. The van der Waals surface area contributed by atoms with E-state index in [0.29, 0.717) is 21.8 Å². The van der Waals surface area contributed by atoms with Crippen LogP contribution < -0.4 is 5.73 Å². The van der Waals surface area contributed by atoms with E-state index >= 15 is 0 Å². The van der Waals surface area contributed by atoms with Crippen molar-refractivity contribution in [3.05, 3.63) is 64.7 Å². The lowest BCUT2D eigenvalue weighted by atomic mass is 10.0. The molecule has 0 radical (unpaired) electrons. The topological polar surface area (TPSA) is 55.4 Å². The van der Waals surface area contributed by atoms with Crippen LogP contribution in [0.4, 0.5) is 5.69 Å². The molecule has 0 aliphatic heterocycles. The maximum Gasteiger partial charge on any atom is 0.195 e. The van der Waals surface area contributed by atoms with Gasteiger partial charge in [-0.15, -0.1) is 11.6 Å². The number of carbonyl (C=O) groups excluding carboxylic acids is 1. The van der Waals surface area contributed by atoms with Gasteiger partial charge >= 0.3 is 0 Å². The van der Waals surface area contributed by atoms with E-state index in [0.717, 1.165) is 0 Å². The zero-order chi connectivity index (χ0) is 14.5. The number of hydrogen-bond donors (Lipinski definition) is 1. The number of benzene rings is 2. The van der Waals surface area contributed by atoms with E-state index in [2.05, 4.69) is 4.99 Å². The number of aliphatic imine (C=N–C) groups is 1. The summed E-state index contributed by atoms with van der Waals surface area (Å²) in [6.07, 6.45) is 0. The van der Waals surface area contributed by atoms with E-state index in [-0.39, 0.29) is 17.5 Å². The summed E-state index contributed by atoms with van der Waals surface area (Å²) in [6.45, 7) is 0. The van der Waals surface area contributed by atoms with Crippen molar-refractivity contribution in [2.45, 2.75) is 0 Å². The summed E-state index contributed by atoms with van der Waals surface area (Å²) in [5.41, 5.74) is 7.15. The second kappa shape index (κ2) is 6.55. The molecule has 2 N–H and O–H groups in total. The molecule has 0 aromatic heterocycles. The summed E-state index contributed by atoms with van der Waals surface area (Å²) >= 11 is 11.4. The lowest BCUT2D eigenvalue weighted by Crippen LogP contribution is -2.13. The first-order valence-corrected chi connectivity index (χ1v) is 6.81. The first-order chi connectivity index (χ1) is 9.61. The average molecular weight is 307 g/mol.